The Kier molecular flexibility index (Phi) is 8.97. The van der Waals surface area contributed by atoms with Gasteiger partial charge in [-0.2, -0.15) is 0 Å². The fourth-order valence-electron chi connectivity index (χ4n) is 7.11. The van der Waals surface area contributed by atoms with Crippen molar-refractivity contribution >= 4 is 39.6 Å². The van der Waals surface area contributed by atoms with Gasteiger partial charge in [0.05, 0.1) is 12.2 Å². The van der Waals surface area contributed by atoms with E-state index in [1.807, 2.05) is 0 Å². The average molecular weight is 657 g/mol. The summed E-state index contributed by atoms with van der Waals surface area (Å²) in [7, 11) is 0. The number of aliphatic imine (C=N–C) groups is 1. The molecule has 0 spiro atoms. The largest absolute Gasteiger partial charge is 0.321 e. The van der Waals surface area contributed by atoms with Gasteiger partial charge < -0.3 is 4.90 Å². The average Bonchev–Trinajstić information content (AvgIpc) is 3.20. The molecule has 0 saturated heterocycles. The predicted molar refractivity (Wildman–Crippen MR) is 218 cm³/mol. The summed E-state index contributed by atoms with van der Waals surface area (Å²) in [6.07, 6.45) is 7.75. The molecule has 0 radical (unpaired) electrons. The number of rotatable bonds is 8. The van der Waals surface area contributed by atoms with Gasteiger partial charge in [-0.1, -0.05) is 165 Å². The number of benzene rings is 7. The number of nitrogens with zero attached hydrogens (tertiary/aromatic N) is 2. The first kappa shape index (κ1) is 32.0. The van der Waals surface area contributed by atoms with Gasteiger partial charge in [0.25, 0.3) is 0 Å². The van der Waals surface area contributed by atoms with Crippen LogP contribution in [0.5, 0.6) is 0 Å². The maximum Gasteiger partial charge on any atom is 0.141 e. The third kappa shape index (κ3) is 6.69. The van der Waals surface area contributed by atoms with Crippen LogP contribution in [0.1, 0.15) is 45.9 Å². The second kappa shape index (κ2) is 14.3. The van der Waals surface area contributed by atoms with Crippen LogP contribution in [0.15, 0.2) is 181 Å². The highest BCUT2D eigenvalue weighted by Gasteiger charge is 2.22. The number of allylic oxidation sites excluding steroid dienone is 2. The lowest BCUT2D eigenvalue weighted by Gasteiger charge is -2.31. The van der Waals surface area contributed by atoms with Crippen molar-refractivity contribution in [3.63, 3.8) is 0 Å². The van der Waals surface area contributed by atoms with Crippen LogP contribution >= 0.6 is 0 Å². The van der Waals surface area contributed by atoms with Crippen molar-refractivity contribution in [2.75, 3.05) is 4.90 Å². The third-order valence-corrected chi connectivity index (χ3v) is 9.92. The minimum atomic E-state index is 0.787. The standard InChI is InChI=1S/C49H40N2/c1-3-36-17-11-13-35(2)46(36)20-12-21-47(43-32-27-37-14-7-8-15-42(37)33-43)40-28-23-38(24-29-40)39-25-30-41(31-26-39)49-50-48-22-10-9-16-44(48)34-51(49)45-18-5-4-6-19-45/h4-33H,3,34H2,1-2H3/b20-12-,47-21+. The van der Waals surface area contributed by atoms with Crippen LogP contribution in [-0.2, 0) is 13.0 Å². The van der Waals surface area contributed by atoms with Crippen molar-refractivity contribution in [1.29, 1.82) is 0 Å². The Morgan fingerprint density at radius 1 is 0.627 bits per heavy atom. The lowest BCUT2D eigenvalue weighted by atomic mass is 9.93. The van der Waals surface area contributed by atoms with Crippen molar-refractivity contribution in [3.05, 3.63) is 215 Å². The Balaban J connectivity index is 1.12. The molecule has 0 aromatic heterocycles. The van der Waals surface area contributed by atoms with E-state index in [4.69, 9.17) is 4.99 Å². The summed E-state index contributed by atoms with van der Waals surface area (Å²) in [5, 5.41) is 2.49. The Morgan fingerprint density at radius 3 is 2.08 bits per heavy atom. The molecule has 2 heteroatoms. The van der Waals surface area contributed by atoms with Crippen molar-refractivity contribution in [2.45, 2.75) is 26.8 Å². The molecule has 0 N–H and O–H groups in total. The van der Waals surface area contributed by atoms with Gasteiger partial charge in [-0.05, 0) is 98.5 Å². The maximum absolute atomic E-state index is 5.14. The number of aryl methyl sites for hydroxylation is 2. The first-order valence-electron chi connectivity index (χ1n) is 17.8. The summed E-state index contributed by atoms with van der Waals surface area (Å²) < 4.78 is 0. The maximum atomic E-state index is 5.14. The zero-order valence-electron chi connectivity index (χ0n) is 29.1. The number of anilines is 1. The highest BCUT2D eigenvalue weighted by atomic mass is 15.2. The van der Waals surface area contributed by atoms with Crippen LogP contribution < -0.4 is 4.90 Å². The van der Waals surface area contributed by atoms with Gasteiger partial charge in [0, 0.05) is 11.3 Å². The predicted octanol–water partition coefficient (Wildman–Crippen LogP) is 12.6. The van der Waals surface area contributed by atoms with E-state index >= 15 is 0 Å². The minimum Gasteiger partial charge on any atom is -0.321 e. The summed E-state index contributed by atoms with van der Waals surface area (Å²) in [6, 6.07) is 58.7. The molecule has 1 aliphatic heterocycles. The molecule has 2 nitrogen and oxygen atoms in total. The van der Waals surface area contributed by atoms with Crippen molar-refractivity contribution in [3.8, 4) is 11.1 Å². The molecule has 1 aliphatic rings. The van der Waals surface area contributed by atoms with Gasteiger partial charge in [-0.3, -0.25) is 0 Å². The lowest BCUT2D eigenvalue weighted by molar-refractivity contribution is 0.977. The molecule has 1 heterocycles. The molecule has 7 aromatic rings. The first-order chi connectivity index (χ1) is 25.1. The number of para-hydroxylation sites is 2. The molecule has 7 aromatic carbocycles. The van der Waals surface area contributed by atoms with Gasteiger partial charge in [-0.25, -0.2) is 4.99 Å². The topological polar surface area (TPSA) is 15.6 Å². The van der Waals surface area contributed by atoms with Crippen LogP contribution in [0.3, 0.4) is 0 Å². The van der Waals surface area contributed by atoms with E-state index in [1.165, 1.54) is 60.9 Å². The molecule has 0 atom stereocenters. The molecule has 8 rings (SSSR count). The lowest BCUT2D eigenvalue weighted by Crippen LogP contribution is -2.33. The van der Waals surface area contributed by atoms with Crippen LogP contribution in [0.25, 0.3) is 33.5 Å². The molecule has 0 fully saturated rings. The zero-order chi connectivity index (χ0) is 34.6. The van der Waals surface area contributed by atoms with Gasteiger partial charge >= 0.3 is 0 Å². The summed E-state index contributed by atoms with van der Waals surface area (Å²) in [5.74, 6) is 0.969. The molecule has 0 saturated carbocycles. The normalized spacial score (nSPS) is 13.0. The Bertz CT molecular complexity index is 2410. The van der Waals surface area contributed by atoms with E-state index in [0.29, 0.717) is 0 Å². The number of fused-ring (bicyclic) bond motifs is 2. The van der Waals surface area contributed by atoms with Crippen LogP contribution in [0.4, 0.5) is 11.4 Å². The molecule has 51 heavy (non-hydrogen) atoms. The second-order valence-electron chi connectivity index (χ2n) is 13.1. The monoisotopic (exact) mass is 656 g/mol. The Hall–Kier alpha value is -6.25. The summed E-state index contributed by atoms with van der Waals surface area (Å²) in [5.41, 5.74) is 14.4. The van der Waals surface area contributed by atoms with Crippen molar-refractivity contribution in [1.82, 2.24) is 0 Å². The Morgan fingerprint density at radius 2 is 1.29 bits per heavy atom. The van der Waals surface area contributed by atoms with Gasteiger partial charge in [0.2, 0.25) is 0 Å². The molecular weight excluding hydrogens is 617 g/mol. The SMILES string of the molecule is CCc1cccc(C)c1/C=C\C=C(/c1ccc(-c2ccc(C3=Nc4ccccc4CN3c3ccccc3)cc2)cc1)c1ccc2ccccc2c1. The minimum absolute atomic E-state index is 0.787. The first-order valence-corrected chi connectivity index (χ1v) is 17.8. The molecule has 0 aliphatic carbocycles. The molecule has 0 unspecified atom stereocenters. The fraction of sp³-hybridized carbons (Fsp3) is 0.0816. The Labute approximate surface area is 301 Å². The van der Waals surface area contributed by atoms with Gasteiger partial charge in [0.1, 0.15) is 5.84 Å². The van der Waals surface area contributed by atoms with Crippen LogP contribution in [0.2, 0.25) is 0 Å². The van der Waals surface area contributed by atoms with E-state index in [1.54, 1.807) is 0 Å². The van der Waals surface area contributed by atoms with E-state index in [9.17, 15) is 0 Å². The summed E-state index contributed by atoms with van der Waals surface area (Å²) in [6.45, 7) is 5.20. The van der Waals surface area contributed by atoms with Gasteiger partial charge in [0.15, 0.2) is 0 Å². The van der Waals surface area contributed by atoms with Crippen molar-refractivity contribution < 1.29 is 0 Å². The summed E-state index contributed by atoms with van der Waals surface area (Å²) in [4.78, 5) is 7.45. The van der Waals surface area contributed by atoms with E-state index in [2.05, 4.69) is 201 Å². The van der Waals surface area contributed by atoms with E-state index in [-0.39, 0.29) is 0 Å². The highest BCUT2D eigenvalue weighted by Crippen LogP contribution is 2.33. The quantitative estimate of drug-likeness (QED) is 0.149. The highest BCUT2D eigenvalue weighted by molar-refractivity contribution is 6.12. The summed E-state index contributed by atoms with van der Waals surface area (Å²) >= 11 is 0. The fourth-order valence-corrected chi connectivity index (χ4v) is 7.11. The zero-order valence-corrected chi connectivity index (χ0v) is 29.1. The molecule has 0 bridgehead atoms. The molecule has 0 amide bonds. The number of hydrogen-bond donors (Lipinski definition) is 0. The third-order valence-electron chi connectivity index (χ3n) is 9.92. The van der Waals surface area contributed by atoms with Gasteiger partial charge in [-0.15, -0.1) is 0 Å². The van der Waals surface area contributed by atoms with E-state index in [0.717, 1.165) is 35.7 Å². The second-order valence-corrected chi connectivity index (χ2v) is 13.1. The molecular formula is C49H40N2. The van der Waals surface area contributed by atoms with Crippen molar-refractivity contribution in [2.24, 2.45) is 4.99 Å². The molecule has 246 valence electrons. The number of hydrogen-bond acceptors (Lipinski definition) is 2. The number of amidine groups is 1. The smallest absolute Gasteiger partial charge is 0.141 e. The van der Waals surface area contributed by atoms with Crippen LogP contribution in [-0.4, -0.2) is 5.84 Å². The van der Waals surface area contributed by atoms with Crippen LogP contribution in [0, 0.1) is 6.92 Å². The van der Waals surface area contributed by atoms with E-state index < -0.39 is 0 Å².